The summed E-state index contributed by atoms with van der Waals surface area (Å²) in [7, 11) is 0. The van der Waals surface area contributed by atoms with E-state index in [1.54, 1.807) is 6.20 Å². The fraction of sp³-hybridized carbons (Fsp3) is 0.412. The first-order valence-corrected chi connectivity index (χ1v) is 8.10. The van der Waals surface area contributed by atoms with E-state index in [0.29, 0.717) is 22.4 Å². The Kier molecular flexibility index (Phi) is 3.37. The second kappa shape index (κ2) is 5.43. The molecule has 1 N–H and O–H groups in total. The molecule has 1 unspecified atom stereocenters. The minimum absolute atomic E-state index is 0.0186. The van der Waals surface area contributed by atoms with Crippen LogP contribution in [0.3, 0.4) is 0 Å². The van der Waals surface area contributed by atoms with Crippen molar-refractivity contribution in [2.24, 2.45) is 0 Å². The number of likely N-dealkylation sites (tertiary alicyclic amines) is 1. The lowest BCUT2D eigenvalue weighted by atomic mass is 10.1. The van der Waals surface area contributed by atoms with Gasteiger partial charge in [0.1, 0.15) is 5.82 Å². The quantitative estimate of drug-likeness (QED) is 0.782. The lowest BCUT2D eigenvalue weighted by Gasteiger charge is -2.23. The molecule has 1 aliphatic rings. The molecule has 1 fully saturated rings. The second-order valence-corrected chi connectivity index (χ2v) is 6.37. The number of aryl methyl sites for hydroxylation is 3. The van der Waals surface area contributed by atoms with Gasteiger partial charge in [0.2, 0.25) is 0 Å². The van der Waals surface area contributed by atoms with Crippen LogP contribution in [0, 0.1) is 20.8 Å². The number of imidazole rings is 1. The number of hydrogen-bond acceptors (Lipinski definition) is 5. The van der Waals surface area contributed by atoms with Crippen LogP contribution in [0.2, 0.25) is 0 Å². The van der Waals surface area contributed by atoms with Gasteiger partial charge in [0.15, 0.2) is 0 Å². The largest absolute Gasteiger partial charge is 0.344 e. The molecular weight excluding hydrogens is 306 g/mol. The van der Waals surface area contributed by atoms with Crippen molar-refractivity contribution in [3.8, 4) is 0 Å². The van der Waals surface area contributed by atoms with Gasteiger partial charge in [-0.2, -0.15) is 0 Å². The van der Waals surface area contributed by atoms with Gasteiger partial charge in [-0.05, 0) is 39.7 Å². The third-order valence-corrected chi connectivity index (χ3v) is 4.53. The molecule has 0 bridgehead atoms. The maximum Gasteiger partial charge on any atom is 0.258 e. The number of amides is 1. The molecule has 7 heteroatoms. The van der Waals surface area contributed by atoms with Crippen molar-refractivity contribution in [3.63, 3.8) is 0 Å². The Balaban J connectivity index is 1.77. The Morgan fingerprint density at radius 1 is 1.38 bits per heavy atom. The van der Waals surface area contributed by atoms with E-state index in [1.165, 1.54) is 0 Å². The van der Waals surface area contributed by atoms with Crippen molar-refractivity contribution in [3.05, 3.63) is 40.7 Å². The number of nitrogens with one attached hydrogen (secondary N) is 1. The van der Waals surface area contributed by atoms with E-state index in [0.717, 1.165) is 36.6 Å². The summed E-state index contributed by atoms with van der Waals surface area (Å²) in [6.45, 7) is 6.37. The fourth-order valence-electron chi connectivity index (χ4n) is 3.44. The van der Waals surface area contributed by atoms with Gasteiger partial charge in [-0.3, -0.25) is 4.79 Å². The van der Waals surface area contributed by atoms with E-state index in [-0.39, 0.29) is 11.9 Å². The third-order valence-electron chi connectivity index (χ3n) is 4.53. The van der Waals surface area contributed by atoms with E-state index in [4.69, 9.17) is 4.52 Å². The SMILES string of the molecule is Cc1cc(C(=O)N2CCCC2c2ncc(C)[nH]2)c2c(C)noc2n1. The van der Waals surface area contributed by atoms with E-state index in [1.807, 2.05) is 31.7 Å². The first-order chi connectivity index (χ1) is 11.5. The number of carbonyl (C=O) groups excluding carboxylic acids is 1. The molecule has 7 nitrogen and oxygen atoms in total. The van der Waals surface area contributed by atoms with Gasteiger partial charge in [-0.15, -0.1) is 0 Å². The van der Waals surface area contributed by atoms with Crippen molar-refractivity contribution in [2.45, 2.75) is 39.7 Å². The van der Waals surface area contributed by atoms with Gasteiger partial charge in [0, 0.05) is 24.1 Å². The Morgan fingerprint density at radius 2 is 2.21 bits per heavy atom. The van der Waals surface area contributed by atoms with Crippen LogP contribution in [0.5, 0.6) is 0 Å². The van der Waals surface area contributed by atoms with Gasteiger partial charge in [-0.1, -0.05) is 5.16 Å². The zero-order valence-corrected chi connectivity index (χ0v) is 14.0. The average molecular weight is 325 g/mol. The van der Waals surface area contributed by atoms with Crippen molar-refractivity contribution < 1.29 is 9.32 Å². The van der Waals surface area contributed by atoms with Crippen molar-refractivity contribution in [1.29, 1.82) is 0 Å². The summed E-state index contributed by atoms with van der Waals surface area (Å²) < 4.78 is 5.25. The van der Waals surface area contributed by atoms with E-state index in [9.17, 15) is 4.79 Å². The number of nitrogens with zero attached hydrogens (tertiary/aromatic N) is 4. The lowest BCUT2D eigenvalue weighted by Crippen LogP contribution is -2.31. The highest BCUT2D eigenvalue weighted by Gasteiger charge is 2.34. The van der Waals surface area contributed by atoms with Crippen LogP contribution >= 0.6 is 0 Å². The number of fused-ring (bicyclic) bond motifs is 1. The predicted molar refractivity (Wildman–Crippen MR) is 87.6 cm³/mol. The van der Waals surface area contributed by atoms with E-state index >= 15 is 0 Å². The normalized spacial score (nSPS) is 17.8. The standard InChI is InChI=1S/C17H19N5O2/c1-9-7-12(14-11(3)21-24-16(14)20-9)17(23)22-6-4-5-13(22)15-18-8-10(2)19-15/h7-8,13H,4-6H2,1-3H3,(H,18,19). The van der Waals surface area contributed by atoms with Gasteiger partial charge in [-0.25, -0.2) is 9.97 Å². The number of carbonyl (C=O) groups is 1. The molecule has 0 saturated carbocycles. The predicted octanol–water partition coefficient (Wildman–Crippen LogP) is 2.85. The summed E-state index contributed by atoms with van der Waals surface area (Å²) in [4.78, 5) is 27.1. The molecule has 1 saturated heterocycles. The van der Waals surface area contributed by atoms with Crippen molar-refractivity contribution in [2.75, 3.05) is 6.54 Å². The molecule has 124 valence electrons. The minimum Gasteiger partial charge on any atom is -0.344 e. The van der Waals surface area contributed by atoms with Gasteiger partial charge in [0.25, 0.3) is 11.6 Å². The van der Waals surface area contributed by atoms with E-state index < -0.39 is 0 Å². The minimum atomic E-state index is -0.0200. The van der Waals surface area contributed by atoms with Crippen LogP contribution in [0.15, 0.2) is 16.8 Å². The molecule has 0 radical (unpaired) electrons. The lowest BCUT2D eigenvalue weighted by molar-refractivity contribution is 0.0732. The van der Waals surface area contributed by atoms with Crippen LogP contribution in [-0.4, -0.2) is 37.5 Å². The molecule has 0 aliphatic carbocycles. The maximum atomic E-state index is 13.2. The zero-order chi connectivity index (χ0) is 16.8. The molecule has 1 atom stereocenters. The molecule has 0 spiro atoms. The summed E-state index contributed by atoms with van der Waals surface area (Å²) in [5.41, 5.74) is 3.45. The molecule has 4 heterocycles. The van der Waals surface area contributed by atoms with Crippen LogP contribution in [0.25, 0.3) is 11.1 Å². The molecule has 24 heavy (non-hydrogen) atoms. The molecular formula is C17H19N5O2. The summed E-state index contributed by atoms with van der Waals surface area (Å²) >= 11 is 0. The second-order valence-electron chi connectivity index (χ2n) is 6.37. The highest BCUT2D eigenvalue weighted by atomic mass is 16.5. The van der Waals surface area contributed by atoms with Crippen LogP contribution in [0.4, 0.5) is 0 Å². The summed E-state index contributed by atoms with van der Waals surface area (Å²) in [6, 6.07) is 1.80. The Bertz CT molecular complexity index is 926. The summed E-state index contributed by atoms with van der Waals surface area (Å²) in [5, 5.41) is 4.66. The summed E-state index contributed by atoms with van der Waals surface area (Å²) in [6.07, 6.45) is 3.68. The van der Waals surface area contributed by atoms with Crippen molar-refractivity contribution >= 4 is 17.0 Å². The molecule has 1 aliphatic heterocycles. The van der Waals surface area contributed by atoms with Gasteiger partial charge in [0.05, 0.1) is 22.7 Å². The maximum absolute atomic E-state index is 13.2. The first-order valence-electron chi connectivity index (χ1n) is 8.10. The molecule has 3 aromatic heterocycles. The van der Waals surface area contributed by atoms with Crippen LogP contribution in [-0.2, 0) is 0 Å². The Hall–Kier alpha value is -2.70. The third kappa shape index (κ3) is 2.28. The molecule has 0 aromatic carbocycles. The number of aromatic amines is 1. The number of H-pyrrole nitrogens is 1. The number of pyridine rings is 1. The van der Waals surface area contributed by atoms with Gasteiger partial charge >= 0.3 is 0 Å². The van der Waals surface area contributed by atoms with Gasteiger partial charge < -0.3 is 14.4 Å². The highest BCUT2D eigenvalue weighted by Crippen LogP contribution is 2.33. The average Bonchev–Trinajstić information content (AvgIpc) is 3.26. The topological polar surface area (TPSA) is 87.9 Å². The smallest absolute Gasteiger partial charge is 0.258 e. The van der Waals surface area contributed by atoms with Crippen LogP contribution in [0.1, 0.15) is 52.1 Å². The van der Waals surface area contributed by atoms with E-state index in [2.05, 4.69) is 20.1 Å². The number of hydrogen-bond donors (Lipinski definition) is 1. The zero-order valence-electron chi connectivity index (χ0n) is 14.0. The number of rotatable bonds is 2. The van der Waals surface area contributed by atoms with Crippen molar-refractivity contribution in [1.82, 2.24) is 25.0 Å². The van der Waals surface area contributed by atoms with Crippen LogP contribution < -0.4 is 0 Å². The Morgan fingerprint density at radius 3 is 2.96 bits per heavy atom. The first kappa shape index (κ1) is 14.9. The molecule has 3 aromatic rings. The highest BCUT2D eigenvalue weighted by molar-refractivity contribution is 6.06. The molecule has 4 rings (SSSR count). The fourth-order valence-corrected chi connectivity index (χ4v) is 3.44. The molecule has 1 amide bonds. The summed E-state index contributed by atoms with van der Waals surface area (Å²) in [5.74, 6) is 0.829. The number of aromatic nitrogens is 4. The Labute approximate surface area is 139 Å². The monoisotopic (exact) mass is 325 g/mol.